The van der Waals surface area contributed by atoms with Crippen molar-refractivity contribution in [2.24, 2.45) is 0 Å². The van der Waals surface area contributed by atoms with Crippen LogP contribution in [0.4, 0.5) is 17.1 Å². The van der Waals surface area contributed by atoms with Crippen molar-refractivity contribution < 1.29 is 4.92 Å². The quantitative estimate of drug-likeness (QED) is 0.588. The molecular formula is C12H19N3O2S. The van der Waals surface area contributed by atoms with E-state index in [0.29, 0.717) is 6.04 Å². The average molecular weight is 269 g/mol. The predicted molar refractivity (Wildman–Crippen MR) is 78.7 cm³/mol. The molecule has 6 heteroatoms. The van der Waals surface area contributed by atoms with Crippen molar-refractivity contribution in [3.63, 3.8) is 0 Å². The first-order valence-electron chi connectivity index (χ1n) is 5.79. The lowest BCUT2D eigenvalue weighted by Gasteiger charge is -2.15. The molecule has 5 nitrogen and oxygen atoms in total. The summed E-state index contributed by atoms with van der Waals surface area (Å²) in [5.74, 6) is 1.07. The van der Waals surface area contributed by atoms with Crippen LogP contribution >= 0.6 is 11.8 Å². The third kappa shape index (κ3) is 4.44. The van der Waals surface area contributed by atoms with E-state index in [-0.39, 0.29) is 10.6 Å². The molecule has 0 saturated carbocycles. The minimum atomic E-state index is -0.376. The monoisotopic (exact) mass is 269 g/mol. The standard InChI is InChI=1S/C12H19N3O2S/c1-9(4-5-18-3)14-11-6-10(13-2)7-12(8-11)15(16)17/h6-9,13-14H,4-5H2,1-3H3. The zero-order chi connectivity index (χ0) is 13.5. The number of non-ortho nitro benzene ring substituents is 1. The maximum absolute atomic E-state index is 10.8. The largest absolute Gasteiger partial charge is 0.388 e. The zero-order valence-electron chi connectivity index (χ0n) is 10.9. The molecule has 1 unspecified atom stereocenters. The summed E-state index contributed by atoms with van der Waals surface area (Å²) in [6, 6.07) is 5.26. The first kappa shape index (κ1) is 14.6. The van der Waals surface area contributed by atoms with Gasteiger partial charge in [-0.25, -0.2) is 0 Å². The van der Waals surface area contributed by atoms with E-state index in [4.69, 9.17) is 0 Å². The Morgan fingerprint density at radius 2 is 2.06 bits per heavy atom. The summed E-state index contributed by atoms with van der Waals surface area (Å²) in [5, 5.41) is 17.0. The van der Waals surface area contributed by atoms with Gasteiger partial charge in [0.25, 0.3) is 5.69 Å². The molecule has 0 amide bonds. The minimum Gasteiger partial charge on any atom is -0.388 e. The second-order valence-electron chi connectivity index (χ2n) is 4.10. The molecule has 0 aliphatic carbocycles. The molecule has 0 aromatic heterocycles. The van der Waals surface area contributed by atoms with Gasteiger partial charge in [0.1, 0.15) is 0 Å². The minimum absolute atomic E-state index is 0.0985. The topological polar surface area (TPSA) is 67.2 Å². The van der Waals surface area contributed by atoms with Crippen LogP contribution in [0.5, 0.6) is 0 Å². The second-order valence-corrected chi connectivity index (χ2v) is 5.09. The summed E-state index contributed by atoms with van der Waals surface area (Å²) in [5.41, 5.74) is 1.62. The summed E-state index contributed by atoms with van der Waals surface area (Å²) in [6.07, 6.45) is 3.10. The Morgan fingerprint density at radius 3 is 2.61 bits per heavy atom. The van der Waals surface area contributed by atoms with Gasteiger partial charge in [-0.1, -0.05) is 0 Å². The van der Waals surface area contributed by atoms with E-state index >= 15 is 0 Å². The van der Waals surface area contributed by atoms with E-state index in [2.05, 4.69) is 23.8 Å². The maximum atomic E-state index is 10.8. The molecule has 18 heavy (non-hydrogen) atoms. The number of nitrogens with zero attached hydrogens (tertiary/aromatic N) is 1. The van der Waals surface area contributed by atoms with Crippen molar-refractivity contribution in [1.29, 1.82) is 0 Å². The molecule has 0 heterocycles. The van der Waals surface area contributed by atoms with Crippen LogP contribution in [0.15, 0.2) is 18.2 Å². The van der Waals surface area contributed by atoms with Crippen LogP contribution in [-0.4, -0.2) is 30.0 Å². The molecule has 0 fully saturated rings. The molecule has 1 aromatic rings. The Hall–Kier alpha value is -1.43. The number of benzene rings is 1. The van der Waals surface area contributed by atoms with E-state index in [1.807, 2.05) is 6.07 Å². The van der Waals surface area contributed by atoms with Crippen LogP contribution in [-0.2, 0) is 0 Å². The molecular weight excluding hydrogens is 250 g/mol. The van der Waals surface area contributed by atoms with Crippen LogP contribution in [0, 0.1) is 10.1 Å². The third-order valence-corrected chi connectivity index (χ3v) is 3.23. The average Bonchev–Trinajstić information content (AvgIpc) is 2.35. The number of rotatable bonds is 7. The zero-order valence-corrected chi connectivity index (χ0v) is 11.7. The van der Waals surface area contributed by atoms with E-state index in [1.54, 1.807) is 24.9 Å². The fraction of sp³-hybridized carbons (Fsp3) is 0.500. The molecule has 0 radical (unpaired) electrons. The van der Waals surface area contributed by atoms with Crippen LogP contribution < -0.4 is 10.6 Å². The first-order valence-corrected chi connectivity index (χ1v) is 7.19. The smallest absolute Gasteiger partial charge is 0.273 e. The van der Waals surface area contributed by atoms with Crippen molar-refractivity contribution in [2.45, 2.75) is 19.4 Å². The molecule has 2 N–H and O–H groups in total. The second kappa shape index (κ2) is 7.10. The predicted octanol–water partition coefficient (Wildman–Crippen LogP) is 3.19. The molecule has 0 aliphatic heterocycles. The highest BCUT2D eigenvalue weighted by atomic mass is 32.2. The Balaban J connectivity index is 2.81. The van der Waals surface area contributed by atoms with Crippen LogP contribution in [0.2, 0.25) is 0 Å². The molecule has 100 valence electrons. The first-order chi connectivity index (χ1) is 8.56. The maximum Gasteiger partial charge on any atom is 0.273 e. The summed E-state index contributed by atoms with van der Waals surface area (Å²) in [7, 11) is 1.75. The van der Waals surface area contributed by atoms with Gasteiger partial charge in [0.05, 0.1) is 4.92 Å². The molecule has 0 saturated heterocycles. The highest BCUT2D eigenvalue weighted by molar-refractivity contribution is 7.98. The lowest BCUT2D eigenvalue weighted by Crippen LogP contribution is -2.16. The van der Waals surface area contributed by atoms with Gasteiger partial charge in [-0.15, -0.1) is 0 Å². The van der Waals surface area contributed by atoms with Gasteiger partial charge in [-0.05, 0) is 31.4 Å². The van der Waals surface area contributed by atoms with Gasteiger partial charge in [-0.3, -0.25) is 10.1 Å². The highest BCUT2D eigenvalue weighted by Gasteiger charge is 2.10. The van der Waals surface area contributed by atoms with Gasteiger partial charge >= 0.3 is 0 Å². The molecule has 1 atom stereocenters. The fourth-order valence-corrected chi connectivity index (χ4v) is 2.18. The van der Waals surface area contributed by atoms with Gasteiger partial charge in [-0.2, -0.15) is 11.8 Å². The van der Waals surface area contributed by atoms with Crippen LogP contribution in [0.3, 0.4) is 0 Å². The van der Waals surface area contributed by atoms with Crippen molar-refractivity contribution in [3.05, 3.63) is 28.3 Å². The molecule has 1 aromatic carbocycles. The van der Waals surface area contributed by atoms with E-state index in [9.17, 15) is 10.1 Å². The third-order valence-electron chi connectivity index (χ3n) is 2.59. The van der Waals surface area contributed by atoms with Gasteiger partial charge in [0, 0.05) is 36.6 Å². The number of nitrogens with one attached hydrogen (secondary N) is 2. The summed E-state index contributed by atoms with van der Waals surface area (Å²) in [4.78, 5) is 10.4. The lowest BCUT2D eigenvalue weighted by atomic mass is 10.2. The van der Waals surface area contributed by atoms with E-state index < -0.39 is 0 Å². The van der Waals surface area contributed by atoms with Crippen molar-refractivity contribution in [1.82, 2.24) is 0 Å². The number of hydrogen-bond acceptors (Lipinski definition) is 5. The summed E-state index contributed by atoms with van der Waals surface area (Å²) < 4.78 is 0. The number of thioether (sulfide) groups is 1. The molecule has 0 bridgehead atoms. The van der Waals surface area contributed by atoms with Crippen molar-refractivity contribution in [3.8, 4) is 0 Å². The van der Waals surface area contributed by atoms with E-state index in [1.165, 1.54) is 6.07 Å². The SMILES string of the molecule is CNc1cc(NC(C)CCSC)cc([N+](=O)[O-])c1. The number of anilines is 2. The van der Waals surface area contributed by atoms with Gasteiger partial charge in [0.2, 0.25) is 0 Å². The van der Waals surface area contributed by atoms with Gasteiger partial charge in [0.15, 0.2) is 0 Å². The Kier molecular flexibility index (Phi) is 5.77. The fourth-order valence-electron chi connectivity index (χ4n) is 1.60. The summed E-state index contributed by atoms with van der Waals surface area (Å²) >= 11 is 1.80. The molecule has 0 spiro atoms. The number of hydrogen-bond donors (Lipinski definition) is 2. The van der Waals surface area contributed by atoms with E-state index in [0.717, 1.165) is 23.5 Å². The molecule has 0 aliphatic rings. The lowest BCUT2D eigenvalue weighted by molar-refractivity contribution is -0.384. The Labute approximate surface area is 111 Å². The highest BCUT2D eigenvalue weighted by Crippen LogP contribution is 2.24. The van der Waals surface area contributed by atoms with Gasteiger partial charge < -0.3 is 10.6 Å². The number of nitro benzene ring substituents is 1. The Morgan fingerprint density at radius 1 is 1.39 bits per heavy atom. The number of nitro groups is 1. The normalized spacial score (nSPS) is 11.9. The van der Waals surface area contributed by atoms with Crippen LogP contribution in [0.25, 0.3) is 0 Å². The Bertz CT molecular complexity index is 412. The summed E-state index contributed by atoms with van der Waals surface area (Å²) in [6.45, 7) is 2.08. The molecule has 1 rings (SSSR count). The van der Waals surface area contributed by atoms with Crippen molar-refractivity contribution >= 4 is 28.8 Å². The van der Waals surface area contributed by atoms with Crippen molar-refractivity contribution in [2.75, 3.05) is 29.7 Å². The van der Waals surface area contributed by atoms with Crippen LogP contribution in [0.1, 0.15) is 13.3 Å².